The Labute approximate surface area is 198 Å². The third kappa shape index (κ3) is 4.61. The number of halogens is 3. The molecule has 0 radical (unpaired) electrons. The maximum atomic E-state index is 13.9. The van der Waals surface area contributed by atoms with Gasteiger partial charge in [0.05, 0.1) is 33.6 Å². The minimum atomic E-state index is -4.02. The summed E-state index contributed by atoms with van der Waals surface area (Å²) in [4.78, 5) is 7.26. The lowest BCUT2D eigenvalue weighted by Crippen LogP contribution is -2.39. The number of rotatable bonds is 4. The van der Waals surface area contributed by atoms with Crippen molar-refractivity contribution in [3.05, 3.63) is 57.9 Å². The van der Waals surface area contributed by atoms with E-state index in [4.69, 9.17) is 11.6 Å². The van der Waals surface area contributed by atoms with E-state index in [1.165, 1.54) is 24.4 Å². The summed E-state index contributed by atoms with van der Waals surface area (Å²) in [5, 5.41) is 19.9. The van der Waals surface area contributed by atoms with Crippen molar-refractivity contribution in [2.75, 3.05) is 13.1 Å². The molecule has 11 heteroatoms. The van der Waals surface area contributed by atoms with Crippen molar-refractivity contribution < 1.29 is 23.0 Å². The van der Waals surface area contributed by atoms with Gasteiger partial charge in [0.25, 0.3) is 0 Å². The number of aromatic amines is 1. The molecule has 4 rings (SSSR count). The van der Waals surface area contributed by atoms with Gasteiger partial charge in [-0.15, -0.1) is 0 Å². The third-order valence-corrected chi connectivity index (χ3v) is 8.36. The first kappa shape index (κ1) is 23.3. The summed E-state index contributed by atoms with van der Waals surface area (Å²) < 4.78 is 41.9. The smallest absolute Gasteiger partial charge is 0.244 e. The van der Waals surface area contributed by atoms with Gasteiger partial charge in [0.1, 0.15) is 16.5 Å². The van der Waals surface area contributed by atoms with Gasteiger partial charge in [0.2, 0.25) is 10.0 Å². The highest BCUT2D eigenvalue weighted by Crippen LogP contribution is 2.32. The van der Waals surface area contributed by atoms with E-state index in [2.05, 4.69) is 25.9 Å². The van der Waals surface area contributed by atoms with Crippen LogP contribution < -0.4 is 0 Å². The van der Waals surface area contributed by atoms with E-state index >= 15 is 0 Å². The first-order chi connectivity index (χ1) is 15.2. The summed E-state index contributed by atoms with van der Waals surface area (Å²) in [6.07, 6.45) is 0.121. The van der Waals surface area contributed by atoms with Gasteiger partial charge in [0, 0.05) is 24.2 Å². The number of H-pyrrole nitrogens is 1. The number of imidazole rings is 1. The van der Waals surface area contributed by atoms with E-state index in [0.717, 1.165) is 4.31 Å². The van der Waals surface area contributed by atoms with E-state index in [9.17, 15) is 23.0 Å². The van der Waals surface area contributed by atoms with Crippen molar-refractivity contribution >= 4 is 37.6 Å². The van der Waals surface area contributed by atoms with Crippen LogP contribution in [0.4, 0.5) is 4.39 Å². The van der Waals surface area contributed by atoms with Crippen molar-refractivity contribution in [2.45, 2.75) is 29.9 Å². The highest BCUT2D eigenvalue weighted by molar-refractivity contribution is 9.10. The molecule has 2 aromatic carbocycles. The van der Waals surface area contributed by atoms with E-state index in [-0.39, 0.29) is 23.0 Å². The van der Waals surface area contributed by atoms with Crippen LogP contribution in [0.2, 0.25) is 5.02 Å². The van der Waals surface area contributed by atoms with Crippen molar-refractivity contribution in [2.24, 2.45) is 0 Å². The molecule has 2 heterocycles. The Hall–Kier alpha value is -1.82. The van der Waals surface area contributed by atoms with E-state index < -0.39 is 28.0 Å². The molecular formula is C21H20BrClFN3O4S. The van der Waals surface area contributed by atoms with Crippen LogP contribution in [0.5, 0.6) is 0 Å². The third-order valence-electron chi connectivity index (χ3n) is 5.37. The minimum absolute atomic E-state index is 0.0368. The average molecular weight is 545 g/mol. The van der Waals surface area contributed by atoms with Crippen molar-refractivity contribution in [1.29, 1.82) is 0 Å². The predicted molar refractivity (Wildman–Crippen MR) is 122 cm³/mol. The molecule has 1 aromatic heterocycles. The zero-order valence-corrected chi connectivity index (χ0v) is 19.8. The number of hydrogen-bond donors (Lipinski definition) is 3. The van der Waals surface area contributed by atoms with Crippen LogP contribution in [-0.2, 0) is 10.0 Å². The fourth-order valence-corrected chi connectivity index (χ4v) is 5.82. The molecule has 0 unspecified atom stereocenters. The highest BCUT2D eigenvalue weighted by Gasteiger charge is 2.33. The van der Waals surface area contributed by atoms with Gasteiger partial charge in [-0.1, -0.05) is 17.7 Å². The number of β-amino-alcohol motifs (C(OH)–C–C–N with tert-alkyl or cyclic N) is 1. The highest BCUT2D eigenvalue weighted by atomic mass is 79.9. The molecule has 2 atom stereocenters. The quantitative estimate of drug-likeness (QED) is 0.463. The second-order valence-corrected chi connectivity index (χ2v) is 10.7. The molecule has 0 spiro atoms. The number of aliphatic hydroxyl groups excluding tert-OH is 2. The number of nitrogens with zero attached hydrogens (tertiary/aromatic N) is 2. The van der Waals surface area contributed by atoms with Crippen LogP contribution in [0.25, 0.3) is 22.6 Å². The van der Waals surface area contributed by atoms with E-state index in [1.807, 2.05) is 0 Å². The molecule has 32 heavy (non-hydrogen) atoms. The second-order valence-electron chi connectivity index (χ2n) is 7.56. The van der Waals surface area contributed by atoms with Crippen LogP contribution in [0.1, 0.15) is 12.8 Å². The Kier molecular flexibility index (Phi) is 6.71. The first-order valence-electron chi connectivity index (χ1n) is 9.83. The molecule has 1 saturated heterocycles. The molecule has 3 aromatic rings. The summed E-state index contributed by atoms with van der Waals surface area (Å²) in [6, 6.07) is 9.18. The lowest BCUT2D eigenvalue weighted by molar-refractivity contribution is 0.0165. The number of hydrogen-bond acceptors (Lipinski definition) is 5. The second kappa shape index (κ2) is 9.20. The van der Waals surface area contributed by atoms with E-state index in [1.54, 1.807) is 18.2 Å². The van der Waals surface area contributed by atoms with Gasteiger partial charge in [-0.25, -0.2) is 17.8 Å². The summed E-state index contributed by atoms with van der Waals surface area (Å²) in [5.41, 5.74) is 1.63. The minimum Gasteiger partial charge on any atom is -0.390 e. The molecular weight excluding hydrogens is 525 g/mol. The van der Waals surface area contributed by atoms with Crippen molar-refractivity contribution in [3.63, 3.8) is 0 Å². The van der Waals surface area contributed by atoms with Crippen LogP contribution in [0.3, 0.4) is 0 Å². The Bertz CT molecular complexity index is 1250. The molecule has 1 aliphatic rings. The van der Waals surface area contributed by atoms with Gasteiger partial charge in [-0.3, -0.25) is 0 Å². The van der Waals surface area contributed by atoms with Gasteiger partial charge < -0.3 is 15.2 Å². The summed E-state index contributed by atoms with van der Waals surface area (Å²) in [6.45, 7) is -0.0544. The van der Waals surface area contributed by atoms with Crippen LogP contribution in [0, 0.1) is 5.82 Å². The molecule has 0 amide bonds. The fourth-order valence-electron chi connectivity index (χ4n) is 3.57. The molecule has 170 valence electrons. The predicted octanol–water partition coefficient (Wildman–Crippen LogP) is 3.81. The maximum Gasteiger partial charge on any atom is 0.244 e. The Morgan fingerprint density at radius 1 is 1.16 bits per heavy atom. The molecule has 7 nitrogen and oxygen atoms in total. The van der Waals surface area contributed by atoms with Crippen LogP contribution >= 0.6 is 27.5 Å². The Morgan fingerprint density at radius 2 is 1.91 bits per heavy atom. The number of nitrogens with one attached hydrogen (secondary N) is 1. The summed E-state index contributed by atoms with van der Waals surface area (Å²) in [7, 11) is -4.02. The summed E-state index contributed by atoms with van der Waals surface area (Å²) in [5.74, 6) is -0.0222. The van der Waals surface area contributed by atoms with Crippen molar-refractivity contribution in [3.8, 4) is 22.6 Å². The number of sulfonamides is 1. The van der Waals surface area contributed by atoms with E-state index in [0.29, 0.717) is 40.0 Å². The number of benzene rings is 2. The zero-order valence-electron chi connectivity index (χ0n) is 16.7. The van der Waals surface area contributed by atoms with Gasteiger partial charge >= 0.3 is 0 Å². The number of aromatic nitrogens is 2. The normalized spacial score (nSPS) is 20.3. The lowest BCUT2D eigenvalue weighted by Gasteiger charge is -2.23. The molecule has 1 fully saturated rings. The average Bonchev–Trinajstić information content (AvgIpc) is 3.18. The molecule has 0 saturated carbocycles. The SMILES string of the molecule is O=S(=O)(c1cc(-c2ncc(-c3ccc(Br)c(F)c3)[nH]2)ccc1Cl)N1CCC[C@@H](O)[C@@H](O)C1. The summed E-state index contributed by atoms with van der Waals surface area (Å²) >= 11 is 9.35. The Morgan fingerprint density at radius 3 is 2.66 bits per heavy atom. The van der Waals surface area contributed by atoms with Gasteiger partial charge in [-0.05, 0) is 59.1 Å². The molecule has 0 bridgehead atoms. The van der Waals surface area contributed by atoms with Crippen LogP contribution in [0.15, 0.2) is 52.0 Å². The van der Waals surface area contributed by atoms with Crippen molar-refractivity contribution in [1.82, 2.24) is 14.3 Å². The standard InChI is InChI=1S/C21H20BrClFN3O4S/c22-14-5-3-12(8-16(14)24)17-10-25-21(26-17)13-4-6-15(23)20(9-13)32(30,31)27-7-1-2-18(28)19(29)11-27/h3-6,8-10,18-19,28-29H,1-2,7,11H2,(H,25,26)/t18-,19+/m1/s1. The largest absolute Gasteiger partial charge is 0.390 e. The first-order valence-corrected chi connectivity index (χ1v) is 12.4. The molecule has 0 aliphatic carbocycles. The van der Waals surface area contributed by atoms with Gasteiger partial charge in [-0.2, -0.15) is 4.31 Å². The monoisotopic (exact) mass is 543 g/mol. The zero-order chi connectivity index (χ0) is 23.0. The fraction of sp³-hybridized carbons (Fsp3) is 0.286. The maximum absolute atomic E-state index is 13.9. The van der Waals surface area contributed by atoms with Gasteiger partial charge in [0.15, 0.2) is 0 Å². The Balaban J connectivity index is 1.67. The van der Waals surface area contributed by atoms with Crippen LogP contribution in [-0.4, -0.2) is 58.2 Å². The lowest BCUT2D eigenvalue weighted by atomic mass is 10.1. The molecule has 1 aliphatic heterocycles. The topological polar surface area (TPSA) is 107 Å². The molecule has 3 N–H and O–H groups in total. The number of aliphatic hydroxyl groups is 2.